The minimum absolute atomic E-state index is 0.110. The van der Waals surface area contributed by atoms with Gasteiger partial charge >= 0.3 is 0 Å². The van der Waals surface area contributed by atoms with Gasteiger partial charge in [0.1, 0.15) is 0 Å². The van der Waals surface area contributed by atoms with Crippen molar-refractivity contribution in [3.8, 4) is 0 Å². The number of para-hydroxylation sites is 1. The minimum Gasteiger partial charge on any atom is -0.383 e. The summed E-state index contributed by atoms with van der Waals surface area (Å²) in [5.41, 5.74) is 0.937. The van der Waals surface area contributed by atoms with E-state index in [1.54, 1.807) is 54.1 Å². The standard InChI is InChI=1S/C19H17ClN2O3S/c1-25-11-10-22-18(24)14-7-3-5-9-16(14)21-19(22)26-12-17(23)13-6-2-4-8-15(13)20/h2-9H,10-12H2,1H3. The van der Waals surface area contributed by atoms with Crippen molar-refractivity contribution in [2.24, 2.45) is 0 Å². The number of methoxy groups -OCH3 is 1. The van der Waals surface area contributed by atoms with Gasteiger partial charge in [-0.3, -0.25) is 14.2 Å². The molecule has 0 saturated carbocycles. The van der Waals surface area contributed by atoms with Gasteiger partial charge in [0.2, 0.25) is 0 Å². The zero-order chi connectivity index (χ0) is 18.5. The first kappa shape index (κ1) is 18.6. The summed E-state index contributed by atoms with van der Waals surface area (Å²) in [6.45, 7) is 0.752. The maximum atomic E-state index is 12.8. The highest BCUT2D eigenvalue weighted by Crippen LogP contribution is 2.22. The molecule has 0 aliphatic carbocycles. The average Bonchev–Trinajstić information content (AvgIpc) is 2.66. The number of nitrogens with zero attached hydrogens (tertiary/aromatic N) is 2. The molecule has 0 bridgehead atoms. The number of halogens is 1. The third-order valence-electron chi connectivity index (χ3n) is 3.85. The maximum absolute atomic E-state index is 12.8. The van der Waals surface area contributed by atoms with Crippen LogP contribution < -0.4 is 5.56 Å². The maximum Gasteiger partial charge on any atom is 0.262 e. The summed E-state index contributed by atoms with van der Waals surface area (Å²) >= 11 is 7.31. The van der Waals surface area contributed by atoms with E-state index in [1.165, 1.54) is 11.8 Å². The van der Waals surface area contributed by atoms with Crippen molar-refractivity contribution in [3.63, 3.8) is 0 Å². The Morgan fingerprint density at radius 2 is 1.92 bits per heavy atom. The number of Topliss-reactive ketones (excluding diaryl/α,β-unsaturated/α-hetero) is 1. The van der Waals surface area contributed by atoms with Crippen molar-refractivity contribution in [2.45, 2.75) is 11.7 Å². The molecule has 0 N–H and O–H groups in total. The second-order valence-electron chi connectivity index (χ2n) is 5.55. The molecule has 0 radical (unpaired) electrons. The highest BCUT2D eigenvalue weighted by atomic mass is 35.5. The fourth-order valence-corrected chi connectivity index (χ4v) is 3.68. The normalized spacial score (nSPS) is 11.0. The Morgan fingerprint density at radius 1 is 1.19 bits per heavy atom. The highest BCUT2D eigenvalue weighted by molar-refractivity contribution is 7.99. The number of ketones is 1. The van der Waals surface area contributed by atoms with Gasteiger partial charge in [0.25, 0.3) is 5.56 Å². The molecule has 7 heteroatoms. The molecule has 26 heavy (non-hydrogen) atoms. The zero-order valence-electron chi connectivity index (χ0n) is 14.1. The number of carbonyl (C=O) groups is 1. The van der Waals surface area contributed by atoms with E-state index in [0.717, 1.165) is 0 Å². The van der Waals surface area contributed by atoms with Crippen LogP contribution in [-0.4, -0.2) is 34.8 Å². The Bertz CT molecular complexity index is 1000. The summed E-state index contributed by atoms with van der Waals surface area (Å²) in [7, 11) is 1.58. The van der Waals surface area contributed by atoms with Crippen molar-refractivity contribution in [1.29, 1.82) is 0 Å². The molecule has 0 fully saturated rings. The SMILES string of the molecule is COCCn1c(SCC(=O)c2ccccc2Cl)nc2ccccc2c1=O. The van der Waals surface area contributed by atoms with Crippen molar-refractivity contribution in [2.75, 3.05) is 19.5 Å². The Labute approximate surface area is 160 Å². The van der Waals surface area contributed by atoms with Gasteiger partial charge < -0.3 is 4.74 Å². The van der Waals surface area contributed by atoms with Crippen LogP contribution in [0.1, 0.15) is 10.4 Å². The van der Waals surface area contributed by atoms with Crippen LogP contribution in [0, 0.1) is 0 Å². The number of ether oxygens (including phenoxy) is 1. The zero-order valence-corrected chi connectivity index (χ0v) is 15.7. The van der Waals surface area contributed by atoms with Gasteiger partial charge in [0, 0.05) is 12.7 Å². The van der Waals surface area contributed by atoms with Crippen LogP contribution in [0.3, 0.4) is 0 Å². The quantitative estimate of drug-likeness (QED) is 0.351. The number of rotatable bonds is 7. The molecule has 0 unspecified atom stereocenters. The summed E-state index contributed by atoms with van der Waals surface area (Å²) in [6.07, 6.45) is 0. The largest absolute Gasteiger partial charge is 0.383 e. The van der Waals surface area contributed by atoms with E-state index in [-0.39, 0.29) is 17.1 Å². The summed E-state index contributed by atoms with van der Waals surface area (Å²) in [5, 5.41) is 1.46. The van der Waals surface area contributed by atoms with Crippen LogP contribution in [0.4, 0.5) is 0 Å². The molecule has 0 saturated heterocycles. The highest BCUT2D eigenvalue weighted by Gasteiger charge is 2.15. The number of benzene rings is 2. The van der Waals surface area contributed by atoms with Gasteiger partial charge in [0.05, 0.1) is 34.8 Å². The number of aromatic nitrogens is 2. The third kappa shape index (κ3) is 3.98. The molecule has 0 aliphatic rings. The van der Waals surface area contributed by atoms with Crippen LogP contribution in [0.2, 0.25) is 5.02 Å². The minimum atomic E-state index is -0.139. The molecule has 1 aromatic heterocycles. The van der Waals surface area contributed by atoms with Crippen molar-refractivity contribution < 1.29 is 9.53 Å². The number of thioether (sulfide) groups is 1. The molecule has 0 spiro atoms. The number of hydrogen-bond donors (Lipinski definition) is 0. The van der Waals surface area contributed by atoms with E-state index in [2.05, 4.69) is 4.98 Å². The van der Waals surface area contributed by atoms with Crippen LogP contribution >= 0.6 is 23.4 Å². The number of carbonyl (C=O) groups excluding carboxylic acids is 1. The molecular weight excluding hydrogens is 372 g/mol. The monoisotopic (exact) mass is 388 g/mol. The fourth-order valence-electron chi connectivity index (χ4n) is 2.53. The summed E-state index contributed by atoms with van der Waals surface area (Å²) in [5.74, 6) is 0.0305. The second kappa shape index (κ2) is 8.49. The lowest BCUT2D eigenvalue weighted by atomic mass is 10.1. The molecule has 5 nitrogen and oxygen atoms in total. The Hall–Kier alpha value is -2.15. The molecule has 3 rings (SSSR count). The number of fused-ring (bicyclic) bond motifs is 1. The van der Waals surface area contributed by atoms with Gasteiger partial charge in [-0.25, -0.2) is 4.98 Å². The summed E-state index contributed by atoms with van der Waals surface area (Å²) in [4.78, 5) is 29.8. The van der Waals surface area contributed by atoms with Crippen molar-refractivity contribution in [1.82, 2.24) is 9.55 Å². The third-order valence-corrected chi connectivity index (χ3v) is 5.16. The smallest absolute Gasteiger partial charge is 0.262 e. The fraction of sp³-hybridized carbons (Fsp3) is 0.211. The summed E-state index contributed by atoms with van der Waals surface area (Å²) < 4.78 is 6.65. The molecule has 3 aromatic rings. The Morgan fingerprint density at radius 3 is 2.69 bits per heavy atom. The first-order valence-corrected chi connectivity index (χ1v) is 9.37. The van der Waals surface area contributed by atoms with Crippen LogP contribution in [0.5, 0.6) is 0 Å². The lowest BCUT2D eigenvalue weighted by Gasteiger charge is -2.12. The van der Waals surface area contributed by atoms with Crippen molar-refractivity contribution >= 4 is 40.0 Å². The van der Waals surface area contributed by atoms with E-state index >= 15 is 0 Å². The Balaban J connectivity index is 1.92. The Kier molecular flexibility index (Phi) is 6.08. The van der Waals surface area contributed by atoms with Crippen LogP contribution in [0.25, 0.3) is 10.9 Å². The lowest BCUT2D eigenvalue weighted by Crippen LogP contribution is -2.25. The molecule has 2 aromatic carbocycles. The molecule has 0 aliphatic heterocycles. The number of hydrogen-bond acceptors (Lipinski definition) is 5. The van der Waals surface area contributed by atoms with E-state index in [1.807, 2.05) is 6.07 Å². The molecule has 1 heterocycles. The molecular formula is C19H17ClN2O3S. The van der Waals surface area contributed by atoms with E-state index in [4.69, 9.17) is 16.3 Å². The van der Waals surface area contributed by atoms with E-state index < -0.39 is 0 Å². The van der Waals surface area contributed by atoms with Gasteiger partial charge in [-0.05, 0) is 24.3 Å². The van der Waals surface area contributed by atoms with Gasteiger partial charge in [0.15, 0.2) is 10.9 Å². The molecule has 0 atom stereocenters. The van der Waals surface area contributed by atoms with Gasteiger partial charge in [-0.15, -0.1) is 0 Å². The second-order valence-corrected chi connectivity index (χ2v) is 6.90. The first-order chi connectivity index (χ1) is 12.6. The first-order valence-electron chi connectivity index (χ1n) is 8.01. The van der Waals surface area contributed by atoms with Gasteiger partial charge in [-0.2, -0.15) is 0 Å². The van der Waals surface area contributed by atoms with E-state index in [0.29, 0.717) is 39.8 Å². The van der Waals surface area contributed by atoms with Crippen LogP contribution in [-0.2, 0) is 11.3 Å². The molecule has 134 valence electrons. The van der Waals surface area contributed by atoms with Crippen LogP contribution in [0.15, 0.2) is 58.5 Å². The predicted molar refractivity (Wildman–Crippen MR) is 104 cm³/mol. The topological polar surface area (TPSA) is 61.2 Å². The average molecular weight is 389 g/mol. The summed E-state index contributed by atoms with van der Waals surface area (Å²) in [6, 6.07) is 14.1. The lowest BCUT2D eigenvalue weighted by molar-refractivity contribution is 0.102. The van der Waals surface area contributed by atoms with E-state index in [9.17, 15) is 9.59 Å². The van der Waals surface area contributed by atoms with Crippen molar-refractivity contribution in [3.05, 3.63) is 69.5 Å². The van der Waals surface area contributed by atoms with Gasteiger partial charge in [-0.1, -0.05) is 47.6 Å². The molecule has 0 amide bonds. The predicted octanol–water partition coefficient (Wildman–Crippen LogP) is 3.67.